The lowest BCUT2D eigenvalue weighted by atomic mass is 9.99. The lowest BCUT2D eigenvalue weighted by molar-refractivity contribution is -0.134. The van der Waals surface area contributed by atoms with Gasteiger partial charge in [0, 0.05) is 31.0 Å². The van der Waals surface area contributed by atoms with Gasteiger partial charge in [0.25, 0.3) is 0 Å². The molecule has 8 nitrogen and oxygen atoms in total. The van der Waals surface area contributed by atoms with Gasteiger partial charge in [0.05, 0.1) is 18.3 Å². The lowest BCUT2D eigenvalue weighted by Crippen LogP contribution is -2.50. The highest BCUT2D eigenvalue weighted by molar-refractivity contribution is 5.94. The second-order valence-corrected chi connectivity index (χ2v) is 10.2. The Hall–Kier alpha value is -4.72. The van der Waals surface area contributed by atoms with Crippen LogP contribution in [-0.4, -0.2) is 52.0 Å². The van der Waals surface area contributed by atoms with E-state index in [0.29, 0.717) is 36.9 Å². The molecule has 3 amide bonds. The SMILES string of the molecule is CCOc1ccccc1NC(=O)N(CC(=O)N1CCn2cccc2C1c1cccc(Oc2ccccc2)c1)C(C)C. The van der Waals surface area contributed by atoms with Crippen molar-refractivity contribution in [2.45, 2.75) is 39.4 Å². The Bertz CT molecular complexity index is 1480. The summed E-state index contributed by atoms with van der Waals surface area (Å²) in [6, 6.07) is 28.0. The normalized spacial score (nSPS) is 14.3. The third kappa shape index (κ3) is 6.38. The van der Waals surface area contributed by atoms with Crippen LogP contribution in [0.4, 0.5) is 10.5 Å². The zero-order valence-electron chi connectivity index (χ0n) is 23.7. The summed E-state index contributed by atoms with van der Waals surface area (Å²) in [7, 11) is 0. The van der Waals surface area contributed by atoms with E-state index in [-0.39, 0.29) is 30.6 Å². The first-order valence-electron chi connectivity index (χ1n) is 14.0. The Balaban J connectivity index is 1.39. The Morgan fingerprint density at radius 3 is 2.46 bits per heavy atom. The van der Waals surface area contributed by atoms with Gasteiger partial charge < -0.3 is 29.2 Å². The molecule has 0 spiro atoms. The van der Waals surface area contributed by atoms with E-state index in [9.17, 15) is 9.59 Å². The summed E-state index contributed by atoms with van der Waals surface area (Å²) in [5.74, 6) is 1.90. The minimum absolute atomic E-state index is 0.0578. The summed E-state index contributed by atoms with van der Waals surface area (Å²) in [6.45, 7) is 7.34. The van der Waals surface area contributed by atoms with Gasteiger partial charge >= 0.3 is 6.03 Å². The summed E-state index contributed by atoms with van der Waals surface area (Å²) < 4.78 is 14.0. The van der Waals surface area contributed by atoms with Crippen molar-refractivity contribution < 1.29 is 19.1 Å². The van der Waals surface area contributed by atoms with Crippen LogP contribution < -0.4 is 14.8 Å². The summed E-state index contributed by atoms with van der Waals surface area (Å²) in [5.41, 5.74) is 2.53. The molecule has 1 aliphatic heterocycles. The van der Waals surface area contributed by atoms with E-state index in [4.69, 9.17) is 9.47 Å². The molecule has 41 heavy (non-hydrogen) atoms. The van der Waals surface area contributed by atoms with Crippen LogP contribution in [0.2, 0.25) is 0 Å². The van der Waals surface area contributed by atoms with E-state index in [1.807, 2.05) is 117 Å². The van der Waals surface area contributed by atoms with Crippen LogP contribution in [0.3, 0.4) is 0 Å². The fourth-order valence-electron chi connectivity index (χ4n) is 5.14. The van der Waals surface area contributed by atoms with E-state index >= 15 is 0 Å². The van der Waals surface area contributed by atoms with Crippen molar-refractivity contribution in [1.29, 1.82) is 0 Å². The monoisotopic (exact) mass is 552 g/mol. The van der Waals surface area contributed by atoms with Gasteiger partial charge in [-0.2, -0.15) is 0 Å². The Labute approximate surface area is 241 Å². The van der Waals surface area contributed by atoms with Gasteiger partial charge in [-0.05, 0) is 74.9 Å². The van der Waals surface area contributed by atoms with Crippen LogP contribution in [0.25, 0.3) is 0 Å². The molecule has 0 saturated carbocycles. The molecule has 1 aliphatic rings. The van der Waals surface area contributed by atoms with E-state index in [1.165, 1.54) is 0 Å². The van der Waals surface area contributed by atoms with Gasteiger partial charge in [0.2, 0.25) is 5.91 Å². The van der Waals surface area contributed by atoms with Crippen LogP contribution in [0, 0.1) is 0 Å². The molecule has 1 atom stereocenters. The highest BCUT2D eigenvalue weighted by Gasteiger charge is 2.34. The molecule has 8 heteroatoms. The maximum atomic E-state index is 14.0. The van der Waals surface area contributed by atoms with Crippen LogP contribution in [-0.2, 0) is 11.3 Å². The van der Waals surface area contributed by atoms with Crippen molar-refractivity contribution in [3.05, 3.63) is 108 Å². The smallest absolute Gasteiger partial charge is 0.322 e. The van der Waals surface area contributed by atoms with E-state index in [1.54, 1.807) is 11.0 Å². The number of nitrogens with zero attached hydrogens (tertiary/aromatic N) is 3. The number of ether oxygens (including phenoxy) is 2. The first-order chi connectivity index (χ1) is 19.9. The van der Waals surface area contributed by atoms with Crippen LogP contribution in [0.1, 0.15) is 38.1 Å². The average molecular weight is 553 g/mol. The molecule has 1 unspecified atom stereocenters. The highest BCUT2D eigenvalue weighted by Crippen LogP contribution is 2.35. The Kier molecular flexibility index (Phi) is 8.58. The van der Waals surface area contributed by atoms with Crippen molar-refractivity contribution in [3.63, 3.8) is 0 Å². The lowest BCUT2D eigenvalue weighted by Gasteiger charge is -2.39. The molecule has 0 fully saturated rings. The number of aromatic nitrogens is 1. The predicted molar refractivity (Wildman–Crippen MR) is 159 cm³/mol. The third-order valence-corrected chi connectivity index (χ3v) is 7.13. The topological polar surface area (TPSA) is 76.0 Å². The predicted octanol–water partition coefficient (Wildman–Crippen LogP) is 6.55. The summed E-state index contributed by atoms with van der Waals surface area (Å²) in [5, 5.41) is 2.94. The largest absolute Gasteiger partial charge is 0.492 e. The van der Waals surface area contributed by atoms with Gasteiger partial charge in [-0.15, -0.1) is 0 Å². The number of hydrogen-bond donors (Lipinski definition) is 1. The number of hydrogen-bond acceptors (Lipinski definition) is 4. The fraction of sp³-hybridized carbons (Fsp3) is 0.273. The molecule has 0 radical (unpaired) electrons. The van der Waals surface area contributed by atoms with E-state index in [2.05, 4.69) is 9.88 Å². The number of fused-ring (bicyclic) bond motifs is 1. The molecule has 3 aromatic carbocycles. The summed E-state index contributed by atoms with van der Waals surface area (Å²) in [4.78, 5) is 30.8. The van der Waals surface area contributed by atoms with Crippen LogP contribution in [0.15, 0.2) is 97.2 Å². The molecule has 2 heterocycles. The number of carbonyl (C=O) groups is 2. The number of nitrogens with one attached hydrogen (secondary N) is 1. The summed E-state index contributed by atoms with van der Waals surface area (Å²) >= 11 is 0. The number of anilines is 1. The second-order valence-electron chi connectivity index (χ2n) is 10.2. The fourth-order valence-corrected chi connectivity index (χ4v) is 5.14. The molecular weight excluding hydrogens is 516 g/mol. The van der Waals surface area contributed by atoms with E-state index in [0.717, 1.165) is 17.0 Å². The minimum Gasteiger partial charge on any atom is -0.492 e. The van der Waals surface area contributed by atoms with Gasteiger partial charge in [0.1, 0.15) is 23.8 Å². The first kappa shape index (κ1) is 27.8. The second kappa shape index (κ2) is 12.6. The molecule has 0 bridgehead atoms. The Morgan fingerprint density at radius 2 is 1.68 bits per heavy atom. The molecule has 1 N–H and O–H groups in total. The summed E-state index contributed by atoms with van der Waals surface area (Å²) in [6.07, 6.45) is 2.04. The van der Waals surface area contributed by atoms with Crippen molar-refractivity contribution in [2.75, 3.05) is 25.0 Å². The molecule has 4 aromatic rings. The first-order valence-corrected chi connectivity index (χ1v) is 14.0. The average Bonchev–Trinajstić information content (AvgIpc) is 3.46. The number of urea groups is 1. The van der Waals surface area contributed by atoms with Crippen molar-refractivity contribution in [2.24, 2.45) is 0 Å². The Morgan fingerprint density at radius 1 is 0.927 bits per heavy atom. The molecule has 212 valence electrons. The number of rotatable bonds is 9. The van der Waals surface area contributed by atoms with Crippen molar-refractivity contribution >= 4 is 17.6 Å². The van der Waals surface area contributed by atoms with Crippen molar-refractivity contribution in [3.8, 4) is 17.2 Å². The molecule has 0 saturated heterocycles. The van der Waals surface area contributed by atoms with Crippen molar-refractivity contribution in [1.82, 2.24) is 14.4 Å². The van der Waals surface area contributed by atoms with Gasteiger partial charge in [0.15, 0.2) is 0 Å². The number of benzene rings is 3. The zero-order chi connectivity index (χ0) is 28.8. The zero-order valence-corrected chi connectivity index (χ0v) is 23.7. The standard InChI is InChI=1S/C33H36N4O4/c1-4-40-30-18-9-8-16-28(30)34-33(39)37(24(2)3)23-31(38)36-21-20-35-19-11-17-29(35)32(36)25-12-10-15-27(22-25)41-26-13-6-5-7-14-26/h5-19,22,24,32H,4,20-21,23H2,1-3H3,(H,34,39). The molecule has 5 rings (SSSR count). The molecule has 1 aromatic heterocycles. The highest BCUT2D eigenvalue weighted by atomic mass is 16.5. The quantitative estimate of drug-likeness (QED) is 0.255. The number of carbonyl (C=O) groups excluding carboxylic acids is 2. The minimum atomic E-state index is -0.351. The van der Waals surface area contributed by atoms with E-state index < -0.39 is 0 Å². The molecular formula is C33H36N4O4. The van der Waals surface area contributed by atoms with Gasteiger partial charge in [-0.3, -0.25) is 4.79 Å². The van der Waals surface area contributed by atoms with Gasteiger partial charge in [-0.1, -0.05) is 42.5 Å². The molecule has 0 aliphatic carbocycles. The number of para-hydroxylation sites is 3. The maximum Gasteiger partial charge on any atom is 0.322 e. The third-order valence-electron chi connectivity index (χ3n) is 7.13. The van der Waals surface area contributed by atoms with Crippen LogP contribution >= 0.6 is 0 Å². The number of amides is 3. The van der Waals surface area contributed by atoms with Gasteiger partial charge in [-0.25, -0.2) is 4.79 Å². The van der Waals surface area contributed by atoms with Crippen LogP contribution in [0.5, 0.6) is 17.2 Å². The maximum absolute atomic E-state index is 14.0.